The fraction of sp³-hybridized carbons (Fsp3) is 0.450. The van der Waals surface area contributed by atoms with Crippen molar-refractivity contribution in [1.29, 1.82) is 0 Å². The van der Waals surface area contributed by atoms with Gasteiger partial charge in [0.2, 0.25) is 15.9 Å². The molecule has 7 heteroatoms. The number of hydrogen-bond donors (Lipinski definition) is 2. The second-order valence-electron chi connectivity index (χ2n) is 7.38. The van der Waals surface area contributed by atoms with Crippen LogP contribution in [0.25, 0.3) is 10.8 Å². The number of fused-ring (bicyclic) bond motifs is 1. The average Bonchev–Trinajstić information content (AvgIpc) is 3.15. The van der Waals surface area contributed by atoms with E-state index in [0.717, 1.165) is 23.7 Å². The van der Waals surface area contributed by atoms with Crippen LogP contribution >= 0.6 is 0 Å². The zero-order valence-corrected chi connectivity index (χ0v) is 16.8. The minimum atomic E-state index is -3.70. The fourth-order valence-electron chi connectivity index (χ4n) is 3.52. The number of quaternary nitrogens is 1. The summed E-state index contributed by atoms with van der Waals surface area (Å²) in [5.41, 5.74) is 0. The van der Waals surface area contributed by atoms with E-state index in [1.807, 2.05) is 30.3 Å². The van der Waals surface area contributed by atoms with E-state index in [9.17, 15) is 13.2 Å². The second-order valence-corrected chi connectivity index (χ2v) is 9.27. The standard InChI is InChI=1S/C20H27N3O3S/c1-22(2)13-6-12-21-20(24)19-9-5-14-23(19)27(25,26)18-11-10-16-7-3-4-8-17(16)15-18/h3-4,7-8,10-11,15,19H,5-6,9,12-14H2,1-2H3,(H,21,24)/p+1/t19-/m0/s1. The molecular weight excluding hydrogens is 362 g/mol. The Morgan fingerprint density at radius 2 is 1.93 bits per heavy atom. The van der Waals surface area contributed by atoms with E-state index < -0.39 is 16.1 Å². The largest absolute Gasteiger partial charge is 0.354 e. The molecule has 27 heavy (non-hydrogen) atoms. The van der Waals surface area contributed by atoms with E-state index in [0.29, 0.717) is 25.9 Å². The lowest BCUT2D eigenvalue weighted by Crippen LogP contribution is -3.05. The Balaban J connectivity index is 1.75. The van der Waals surface area contributed by atoms with Crippen molar-refractivity contribution >= 4 is 26.7 Å². The highest BCUT2D eigenvalue weighted by Crippen LogP contribution is 2.28. The minimum Gasteiger partial charge on any atom is -0.354 e. The summed E-state index contributed by atoms with van der Waals surface area (Å²) in [5, 5.41) is 4.78. The summed E-state index contributed by atoms with van der Waals surface area (Å²) >= 11 is 0. The van der Waals surface area contributed by atoms with Crippen LogP contribution in [-0.4, -0.2) is 58.4 Å². The fourth-order valence-corrected chi connectivity index (χ4v) is 5.22. The van der Waals surface area contributed by atoms with E-state index in [1.54, 1.807) is 12.1 Å². The molecule has 0 aliphatic carbocycles. The molecule has 3 rings (SSSR count). The Morgan fingerprint density at radius 1 is 1.19 bits per heavy atom. The Labute approximate surface area is 161 Å². The maximum Gasteiger partial charge on any atom is 0.243 e. The topological polar surface area (TPSA) is 70.9 Å². The summed E-state index contributed by atoms with van der Waals surface area (Å²) in [7, 11) is 0.432. The Bertz CT molecular complexity index is 912. The van der Waals surface area contributed by atoms with Gasteiger partial charge in [-0.15, -0.1) is 0 Å². The van der Waals surface area contributed by atoms with Crippen LogP contribution in [0.4, 0.5) is 0 Å². The van der Waals surface area contributed by atoms with Gasteiger partial charge in [0.15, 0.2) is 0 Å². The van der Waals surface area contributed by atoms with E-state index >= 15 is 0 Å². The van der Waals surface area contributed by atoms with E-state index in [1.165, 1.54) is 9.21 Å². The van der Waals surface area contributed by atoms with Crippen LogP contribution in [0.3, 0.4) is 0 Å². The van der Waals surface area contributed by atoms with Crippen molar-refractivity contribution in [1.82, 2.24) is 9.62 Å². The van der Waals surface area contributed by atoms with Crippen molar-refractivity contribution in [2.45, 2.75) is 30.2 Å². The molecule has 1 saturated heterocycles. The number of rotatable bonds is 7. The van der Waals surface area contributed by atoms with Crippen molar-refractivity contribution in [3.63, 3.8) is 0 Å². The zero-order valence-electron chi connectivity index (χ0n) is 15.9. The van der Waals surface area contributed by atoms with Gasteiger partial charge in [0.1, 0.15) is 6.04 Å². The molecule has 0 radical (unpaired) electrons. The first-order valence-electron chi connectivity index (χ1n) is 9.47. The molecule has 2 aromatic carbocycles. The predicted molar refractivity (Wildman–Crippen MR) is 106 cm³/mol. The summed E-state index contributed by atoms with van der Waals surface area (Å²) in [6.45, 7) is 1.92. The molecular formula is C20H28N3O3S+. The van der Waals surface area contributed by atoms with Crippen LogP contribution < -0.4 is 10.2 Å². The van der Waals surface area contributed by atoms with Crippen LogP contribution in [0.5, 0.6) is 0 Å². The van der Waals surface area contributed by atoms with Gasteiger partial charge in [0.25, 0.3) is 0 Å². The molecule has 0 bridgehead atoms. The van der Waals surface area contributed by atoms with Crippen molar-refractivity contribution in [2.75, 3.05) is 33.7 Å². The molecule has 2 N–H and O–H groups in total. The smallest absolute Gasteiger partial charge is 0.243 e. The number of nitrogens with zero attached hydrogens (tertiary/aromatic N) is 1. The highest BCUT2D eigenvalue weighted by atomic mass is 32.2. The monoisotopic (exact) mass is 390 g/mol. The molecule has 1 amide bonds. The van der Waals surface area contributed by atoms with Crippen molar-refractivity contribution < 1.29 is 18.1 Å². The van der Waals surface area contributed by atoms with Gasteiger partial charge < -0.3 is 10.2 Å². The zero-order chi connectivity index (χ0) is 19.4. The van der Waals surface area contributed by atoms with E-state index in [4.69, 9.17) is 0 Å². The van der Waals surface area contributed by atoms with Gasteiger partial charge in [-0.05, 0) is 35.7 Å². The van der Waals surface area contributed by atoms with Gasteiger partial charge in [-0.3, -0.25) is 4.79 Å². The summed E-state index contributed by atoms with van der Waals surface area (Å²) in [5.74, 6) is -0.189. The van der Waals surface area contributed by atoms with Gasteiger partial charge in [0.05, 0.1) is 25.5 Å². The third kappa shape index (κ3) is 4.48. The molecule has 0 aromatic heterocycles. The van der Waals surface area contributed by atoms with Gasteiger partial charge >= 0.3 is 0 Å². The quantitative estimate of drug-likeness (QED) is 0.682. The molecule has 1 atom stereocenters. The summed E-state index contributed by atoms with van der Waals surface area (Å²) < 4.78 is 27.7. The normalized spacial score (nSPS) is 18.3. The third-order valence-corrected chi connectivity index (χ3v) is 6.89. The van der Waals surface area contributed by atoms with E-state index in [2.05, 4.69) is 19.4 Å². The SMILES string of the molecule is C[NH+](C)CCCNC(=O)[C@@H]1CCCN1S(=O)(=O)c1ccc2ccccc2c1. The highest BCUT2D eigenvalue weighted by molar-refractivity contribution is 7.89. The maximum absolute atomic E-state index is 13.2. The number of hydrogen-bond acceptors (Lipinski definition) is 3. The Kier molecular flexibility index (Phi) is 6.14. The second kappa shape index (κ2) is 8.37. The minimum absolute atomic E-state index is 0.189. The van der Waals surface area contributed by atoms with Crippen molar-refractivity contribution in [3.05, 3.63) is 42.5 Å². The molecule has 1 aliphatic heterocycles. The van der Waals surface area contributed by atoms with Gasteiger partial charge in [-0.2, -0.15) is 4.31 Å². The van der Waals surface area contributed by atoms with Gasteiger partial charge in [-0.25, -0.2) is 8.42 Å². The number of carbonyl (C=O) groups excluding carboxylic acids is 1. The summed E-state index contributed by atoms with van der Waals surface area (Å²) in [6, 6.07) is 12.2. The molecule has 0 unspecified atom stereocenters. The van der Waals surface area contributed by atoms with E-state index in [-0.39, 0.29) is 10.8 Å². The molecule has 2 aromatic rings. The molecule has 6 nitrogen and oxygen atoms in total. The molecule has 1 heterocycles. The number of carbonyl (C=O) groups is 1. The molecule has 0 saturated carbocycles. The van der Waals surface area contributed by atoms with Crippen LogP contribution in [0, 0.1) is 0 Å². The average molecular weight is 391 g/mol. The molecule has 1 fully saturated rings. The number of benzene rings is 2. The highest BCUT2D eigenvalue weighted by Gasteiger charge is 2.39. The first kappa shape index (κ1) is 19.8. The third-order valence-electron chi connectivity index (χ3n) is 4.99. The van der Waals surface area contributed by atoms with Gasteiger partial charge in [0, 0.05) is 19.5 Å². The van der Waals surface area contributed by atoms with Crippen molar-refractivity contribution in [2.24, 2.45) is 0 Å². The lowest BCUT2D eigenvalue weighted by atomic mass is 10.1. The maximum atomic E-state index is 13.2. The number of nitrogens with one attached hydrogen (secondary N) is 2. The van der Waals surface area contributed by atoms with Crippen molar-refractivity contribution in [3.8, 4) is 0 Å². The first-order valence-corrected chi connectivity index (χ1v) is 10.9. The Hall–Kier alpha value is -1.96. The lowest BCUT2D eigenvalue weighted by molar-refractivity contribution is -0.858. The molecule has 146 valence electrons. The van der Waals surface area contributed by atoms with Gasteiger partial charge in [-0.1, -0.05) is 30.3 Å². The van der Waals surface area contributed by atoms with Crippen LogP contribution in [0.1, 0.15) is 19.3 Å². The van der Waals surface area contributed by atoms with Crippen LogP contribution in [-0.2, 0) is 14.8 Å². The van der Waals surface area contributed by atoms with Crippen LogP contribution in [0.2, 0.25) is 0 Å². The van der Waals surface area contributed by atoms with Crippen LogP contribution in [0.15, 0.2) is 47.4 Å². The Morgan fingerprint density at radius 3 is 2.67 bits per heavy atom. The number of sulfonamides is 1. The number of amides is 1. The summed E-state index contributed by atoms with van der Waals surface area (Å²) in [4.78, 5) is 14.1. The first-order chi connectivity index (χ1) is 12.9. The lowest BCUT2D eigenvalue weighted by Gasteiger charge is -2.23. The summed E-state index contributed by atoms with van der Waals surface area (Å²) in [6.07, 6.45) is 2.14. The predicted octanol–water partition coefficient (Wildman–Crippen LogP) is 0.644. The molecule has 0 spiro atoms. The molecule has 1 aliphatic rings.